The van der Waals surface area contributed by atoms with E-state index in [9.17, 15) is 4.79 Å². The van der Waals surface area contributed by atoms with Crippen molar-refractivity contribution in [1.82, 2.24) is 0 Å². The molecule has 2 nitrogen and oxygen atoms in total. The number of hydrogen-bond acceptors (Lipinski definition) is 3. The minimum atomic E-state index is -0.00912. The average molecular weight is 194 g/mol. The van der Waals surface area contributed by atoms with Crippen molar-refractivity contribution < 1.29 is 9.53 Å². The van der Waals surface area contributed by atoms with E-state index < -0.39 is 0 Å². The molecule has 1 aromatic carbocycles. The third-order valence-corrected chi connectivity index (χ3v) is 2.20. The Kier molecular flexibility index (Phi) is 3.83. The summed E-state index contributed by atoms with van der Waals surface area (Å²) in [6, 6.07) is 6.96. The number of methoxy groups -OCH3 is 1. The summed E-state index contributed by atoms with van der Waals surface area (Å²) in [5, 5.41) is -0.00912. The van der Waals surface area contributed by atoms with Gasteiger partial charge in [-0.15, -0.1) is 0 Å². The van der Waals surface area contributed by atoms with E-state index in [1.54, 1.807) is 31.4 Å². The summed E-state index contributed by atoms with van der Waals surface area (Å²) in [4.78, 5) is 11.3. The standard InChI is InChI=1S/C10H10O2S/c1-3-13-10(11)8-4-6-9(12-2)7-5-8/h1,4-7H,3H2,2H3. The van der Waals surface area contributed by atoms with E-state index in [2.05, 4.69) is 0 Å². The first-order valence-electron chi connectivity index (χ1n) is 3.79. The fourth-order valence-electron chi connectivity index (χ4n) is 0.886. The van der Waals surface area contributed by atoms with Gasteiger partial charge in [0, 0.05) is 11.3 Å². The van der Waals surface area contributed by atoms with Gasteiger partial charge in [-0.05, 0) is 31.2 Å². The highest BCUT2D eigenvalue weighted by Gasteiger charge is 2.04. The first-order valence-corrected chi connectivity index (χ1v) is 4.77. The monoisotopic (exact) mass is 194 g/mol. The lowest BCUT2D eigenvalue weighted by molar-refractivity contribution is 0.108. The molecule has 0 aliphatic heterocycles. The molecule has 0 unspecified atom stereocenters. The van der Waals surface area contributed by atoms with Crippen LogP contribution in [0.15, 0.2) is 24.3 Å². The Balaban J connectivity index is 2.74. The van der Waals surface area contributed by atoms with Gasteiger partial charge in [0.1, 0.15) is 5.75 Å². The minimum Gasteiger partial charge on any atom is -0.497 e. The van der Waals surface area contributed by atoms with Crippen molar-refractivity contribution in [3.63, 3.8) is 0 Å². The Morgan fingerprint density at radius 1 is 1.46 bits per heavy atom. The van der Waals surface area contributed by atoms with E-state index in [0.717, 1.165) is 17.5 Å². The fraction of sp³-hybridized carbons (Fsp3) is 0.200. The third kappa shape index (κ3) is 2.77. The van der Waals surface area contributed by atoms with Crippen LogP contribution < -0.4 is 4.74 Å². The van der Waals surface area contributed by atoms with Gasteiger partial charge in [-0.1, -0.05) is 11.8 Å². The summed E-state index contributed by atoms with van der Waals surface area (Å²) in [5.74, 6) is 1.06. The molecule has 0 atom stereocenters. The molecule has 0 amide bonds. The molecule has 0 aromatic heterocycles. The number of benzene rings is 1. The number of hydrogen-bond donors (Lipinski definition) is 0. The Morgan fingerprint density at radius 2 is 2.08 bits per heavy atom. The van der Waals surface area contributed by atoms with Gasteiger partial charge in [-0.3, -0.25) is 4.79 Å². The van der Waals surface area contributed by atoms with Gasteiger partial charge in [0.05, 0.1) is 7.11 Å². The van der Waals surface area contributed by atoms with Gasteiger partial charge in [0.15, 0.2) is 0 Å². The van der Waals surface area contributed by atoms with Crippen LogP contribution >= 0.6 is 11.8 Å². The highest BCUT2D eigenvalue weighted by Crippen LogP contribution is 2.16. The molecule has 1 rings (SSSR count). The topological polar surface area (TPSA) is 26.3 Å². The molecule has 0 bridgehead atoms. The molecule has 0 N–H and O–H groups in total. The lowest BCUT2D eigenvalue weighted by Gasteiger charge is -2.00. The molecular weight excluding hydrogens is 184 g/mol. The molecule has 68 valence electrons. The fourth-order valence-corrected chi connectivity index (χ4v) is 1.34. The highest BCUT2D eigenvalue weighted by molar-refractivity contribution is 8.14. The predicted molar refractivity (Wildman–Crippen MR) is 54.1 cm³/mol. The first kappa shape index (κ1) is 10.1. The first-order chi connectivity index (χ1) is 6.27. The van der Waals surface area contributed by atoms with E-state index in [1.165, 1.54) is 0 Å². The molecule has 0 aliphatic carbocycles. The van der Waals surface area contributed by atoms with Crippen molar-refractivity contribution in [3.05, 3.63) is 36.8 Å². The molecule has 2 radical (unpaired) electrons. The Hall–Kier alpha value is -0.960. The van der Waals surface area contributed by atoms with Crippen LogP contribution in [-0.2, 0) is 0 Å². The van der Waals surface area contributed by atoms with Crippen LogP contribution in [0.25, 0.3) is 0 Å². The number of rotatable bonds is 3. The van der Waals surface area contributed by atoms with Crippen molar-refractivity contribution in [3.8, 4) is 5.75 Å². The number of carbonyl (C=O) groups is 1. The summed E-state index contributed by atoms with van der Waals surface area (Å²) in [6.45, 7) is 5.24. The minimum absolute atomic E-state index is 0.00912. The summed E-state index contributed by atoms with van der Waals surface area (Å²) in [7, 11) is 1.59. The predicted octanol–water partition coefficient (Wildman–Crippen LogP) is 2.28. The van der Waals surface area contributed by atoms with Crippen molar-refractivity contribution >= 4 is 16.9 Å². The summed E-state index contributed by atoms with van der Waals surface area (Å²) in [5.41, 5.74) is 0.649. The molecule has 0 spiro atoms. The van der Waals surface area contributed by atoms with Crippen LogP contribution in [0.3, 0.4) is 0 Å². The van der Waals surface area contributed by atoms with Gasteiger partial charge in [-0.2, -0.15) is 0 Å². The normalized spacial score (nSPS) is 9.69. The van der Waals surface area contributed by atoms with Crippen LogP contribution in [0.1, 0.15) is 10.4 Å². The molecule has 0 saturated heterocycles. The molecule has 3 heteroatoms. The second-order valence-corrected chi connectivity index (χ2v) is 3.32. The van der Waals surface area contributed by atoms with Crippen molar-refractivity contribution in [2.75, 3.05) is 12.9 Å². The van der Waals surface area contributed by atoms with Crippen molar-refractivity contribution in [2.24, 2.45) is 0 Å². The van der Waals surface area contributed by atoms with E-state index >= 15 is 0 Å². The SMILES string of the molecule is [CH]CSC(=O)c1ccc(OC)cc1. The zero-order chi connectivity index (χ0) is 9.68. The molecular formula is C10H10O2S. The number of carbonyl (C=O) groups excluding carboxylic acids is 1. The van der Waals surface area contributed by atoms with E-state index in [0.29, 0.717) is 11.3 Å². The summed E-state index contributed by atoms with van der Waals surface area (Å²) < 4.78 is 4.97. The summed E-state index contributed by atoms with van der Waals surface area (Å²) in [6.07, 6.45) is 0. The lowest BCUT2D eigenvalue weighted by atomic mass is 10.2. The van der Waals surface area contributed by atoms with Crippen LogP contribution in [0, 0.1) is 6.92 Å². The molecule has 0 heterocycles. The Bertz CT molecular complexity index is 279. The van der Waals surface area contributed by atoms with E-state index in [4.69, 9.17) is 11.7 Å². The third-order valence-electron chi connectivity index (χ3n) is 1.54. The van der Waals surface area contributed by atoms with E-state index in [-0.39, 0.29) is 5.12 Å². The maximum atomic E-state index is 11.3. The number of ether oxygens (including phenoxy) is 1. The smallest absolute Gasteiger partial charge is 0.219 e. The zero-order valence-electron chi connectivity index (χ0n) is 7.32. The van der Waals surface area contributed by atoms with Crippen molar-refractivity contribution in [1.29, 1.82) is 0 Å². The van der Waals surface area contributed by atoms with Gasteiger partial charge >= 0.3 is 0 Å². The van der Waals surface area contributed by atoms with Crippen LogP contribution in [-0.4, -0.2) is 18.0 Å². The lowest BCUT2D eigenvalue weighted by Crippen LogP contribution is -1.93. The second kappa shape index (κ2) is 4.92. The Morgan fingerprint density at radius 3 is 2.54 bits per heavy atom. The van der Waals surface area contributed by atoms with Gasteiger partial charge in [0.25, 0.3) is 0 Å². The maximum absolute atomic E-state index is 11.3. The second-order valence-electron chi connectivity index (χ2n) is 2.33. The number of thioether (sulfide) groups is 1. The molecule has 0 aliphatic rings. The molecule has 1 aromatic rings. The maximum Gasteiger partial charge on any atom is 0.219 e. The molecule has 0 fully saturated rings. The highest BCUT2D eigenvalue weighted by atomic mass is 32.2. The molecule has 13 heavy (non-hydrogen) atoms. The van der Waals surface area contributed by atoms with Gasteiger partial charge in [0.2, 0.25) is 5.12 Å². The quantitative estimate of drug-likeness (QED) is 0.738. The van der Waals surface area contributed by atoms with Crippen molar-refractivity contribution in [2.45, 2.75) is 0 Å². The molecule has 0 saturated carbocycles. The Labute approximate surface area is 82.3 Å². The van der Waals surface area contributed by atoms with Crippen LogP contribution in [0.4, 0.5) is 0 Å². The average Bonchev–Trinajstić information content (AvgIpc) is 2.18. The zero-order valence-corrected chi connectivity index (χ0v) is 8.14. The van der Waals surface area contributed by atoms with Crippen LogP contribution in [0.2, 0.25) is 0 Å². The summed E-state index contributed by atoms with van der Waals surface area (Å²) >= 11 is 1.10. The largest absolute Gasteiger partial charge is 0.497 e. The van der Waals surface area contributed by atoms with E-state index in [1.807, 2.05) is 0 Å². The van der Waals surface area contributed by atoms with Crippen LogP contribution in [0.5, 0.6) is 5.75 Å². The van der Waals surface area contributed by atoms with Gasteiger partial charge < -0.3 is 4.74 Å². The van der Waals surface area contributed by atoms with Gasteiger partial charge in [-0.25, -0.2) is 0 Å².